The second kappa shape index (κ2) is 11.0. The van der Waals surface area contributed by atoms with Gasteiger partial charge in [0.15, 0.2) is 0 Å². The normalized spacial score (nSPS) is 13.9. The number of carbonyl (C=O) groups excluding carboxylic acids is 3. The van der Waals surface area contributed by atoms with Crippen molar-refractivity contribution in [3.05, 3.63) is 35.9 Å². The predicted molar refractivity (Wildman–Crippen MR) is 101 cm³/mol. The van der Waals surface area contributed by atoms with Gasteiger partial charge in [-0.3, -0.25) is 14.4 Å². The highest BCUT2D eigenvalue weighted by molar-refractivity contribution is 5.93. The van der Waals surface area contributed by atoms with Crippen molar-refractivity contribution in [3.8, 4) is 0 Å². The molecule has 0 aliphatic rings. The number of aliphatic carboxylic acids is 1. The van der Waals surface area contributed by atoms with Gasteiger partial charge in [0, 0.05) is 13.3 Å². The van der Waals surface area contributed by atoms with Crippen LogP contribution >= 0.6 is 0 Å². The average Bonchev–Trinajstić information content (AvgIpc) is 2.63. The first-order chi connectivity index (χ1) is 13.1. The van der Waals surface area contributed by atoms with E-state index in [9.17, 15) is 29.4 Å². The van der Waals surface area contributed by atoms with Crippen LogP contribution in [0.2, 0.25) is 0 Å². The molecule has 0 bridgehead atoms. The van der Waals surface area contributed by atoms with Crippen LogP contribution in [0.3, 0.4) is 0 Å². The van der Waals surface area contributed by atoms with E-state index in [0.717, 1.165) is 5.56 Å². The summed E-state index contributed by atoms with van der Waals surface area (Å²) < 4.78 is 0. The van der Waals surface area contributed by atoms with E-state index >= 15 is 0 Å². The predicted octanol–water partition coefficient (Wildman–Crippen LogP) is -0.564. The van der Waals surface area contributed by atoms with Gasteiger partial charge >= 0.3 is 5.97 Å². The van der Waals surface area contributed by atoms with E-state index < -0.39 is 48.4 Å². The van der Waals surface area contributed by atoms with Crippen molar-refractivity contribution in [3.63, 3.8) is 0 Å². The largest absolute Gasteiger partial charge is 0.480 e. The van der Waals surface area contributed by atoms with Crippen LogP contribution in [-0.2, 0) is 25.6 Å². The Morgan fingerprint density at radius 1 is 0.929 bits per heavy atom. The average molecular weight is 393 g/mol. The molecule has 1 aromatic rings. The van der Waals surface area contributed by atoms with Gasteiger partial charge in [0.1, 0.15) is 18.1 Å². The molecule has 28 heavy (non-hydrogen) atoms. The van der Waals surface area contributed by atoms with Gasteiger partial charge in [0.25, 0.3) is 0 Å². The zero-order chi connectivity index (χ0) is 21.3. The van der Waals surface area contributed by atoms with Crippen molar-refractivity contribution in [1.29, 1.82) is 0 Å². The van der Waals surface area contributed by atoms with Gasteiger partial charge in [-0.15, -0.1) is 0 Å². The molecular formula is C19H27N3O6. The topological polar surface area (TPSA) is 145 Å². The molecule has 0 heterocycles. The van der Waals surface area contributed by atoms with Crippen molar-refractivity contribution in [1.82, 2.24) is 16.0 Å². The molecule has 3 atom stereocenters. The number of aliphatic hydroxyl groups is 1. The Balaban J connectivity index is 3.00. The van der Waals surface area contributed by atoms with Crippen molar-refractivity contribution in [2.45, 2.75) is 45.3 Å². The Morgan fingerprint density at radius 3 is 1.96 bits per heavy atom. The molecule has 0 spiro atoms. The van der Waals surface area contributed by atoms with Gasteiger partial charge in [0.2, 0.25) is 17.7 Å². The molecule has 0 radical (unpaired) electrons. The number of carbonyl (C=O) groups is 4. The number of nitrogens with one attached hydrogen (secondary N) is 3. The number of carboxylic acids is 1. The zero-order valence-electron chi connectivity index (χ0n) is 16.1. The summed E-state index contributed by atoms with van der Waals surface area (Å²) in [6.07, 6.45) is 0.112. The quantitative estimate of drug-likeness (QED) is 0.360. The Kier molecular flexibility index (Phi) is 9.10. The molecule has 1 aromatic carbocycles. The molecule has 0 saturated heterocycles. The summed E-state index contributed by atoms with van der Waals surface area (Å²) in [4.78, 5) is 47.6. The highest BCUT2D eigenvalue weighted by atomic mass is 16.4. The number of hydrogen-bond acceptors (Lipinski definition) is 5. The number of rotatable bonds is 10. The first-order valence-corrected chi connectivity index (χ1v) is 8.91. The summed E-state index contributed by atoms with van der Waals surface area (Å²) in [5.41, 5.74) is 0.749. The van der Waals surface area contributed by atoms with Crippen LogP contribution in [0, 0.1) is 5.92 Å². The molecule has 5 N–H and O–H groups in total. The van der Waals surface area contributed by atoms with E-state index in [0.29, 0.717) is 0 Å². The smallest absolute Gasteiger partial charge is 0.326 e. The molecule has 0 aromatic heterocycles. The molecular weight excluding hydrogens is 366 g/mol. The third-order valence-corrected chi connectivity index (χ3v) is 4.02. The summed E-state index contributed by atoms with van der Waals surface area (Å²) >= 11 is 0. The lowest BCUT2D eigenvalue weighted by Gasteiger charge is -2.25. The molecule has 0 fully saturated rings. The lowest BCUT2D eigenvalue weighted by molar-refractivity contribution is -0.143. The third-order valence-electron chi connectivity index (χ3n) is 4.02. The van der Waals surface area contributed by atoms with Crippen LogP contribution in [-0.4, -0.2) is 58.6 Å². The Morgan fingerprint density at radius 2 is 1.50 bits per heavy atom. The zero-order valence-corrected chi connectivity index (χ0v) is 16.1. The van der Waals surface area contributed by atoms with E-state index in [2.05, 4.69) is 16.0 Å². The first-order valence-electron chi connectivity index (χ1n) is 8.91. The molecule has 9 nitrogen and oxygen atoms in total. The summed E-state index contributed by atoms with van der Waals surface area (Å²) in [7, 11) is 0. The van der Waals surface area contributed by atoms with E-state index in [1.54, 1.807) is 44.2 Å². The summed E-state index contributed by atoms with van der Waals surface area (Å²) in [5.74, 6) is -3.47. The number of aliphatic hydroxyl groups excluding tert-OH is 1. The van der Waals surface area contributed by atoms with Gasteiger partial charge in [0.05, 0.1) is 6.61 Å². The number of hydrogen-bond donors (Lipinski definition) is 5. The molecule has 3 amide bonds. The van der Waals surface area contributed by atoms with Crippen LogP contribution in [0.4, 0.5) is 0 Å². The van der Waals surface area contributed by atoms with Gasteiger partial charge in [-0.2, -0.15) is 0 Å². The molecule has 0 saturated carbocycles. The van der Waals surface area contributed by atoms with Crippen LogP contribution in [0.25, 0.3) is 0 Å². The highest BCUT2D eigenvalue weighted by Gasteiger charge is 2.30. The molecule has 0 aliphatic carbocycles. The van der Waals surface area contributed by atoms with Gasteiger partial charge in [-0.05, 0) is 11.5 Å². The van der Waals surface area contributed by atoms with Crippen LogP contribution in [0.5, 0.6) is 0 Å². The summed E-state index contributed by atoms with van der Waals surface area (Å²) in [5, 5.41) is 25.8. The van der Waals surface area contributed by atoms with E-state index in [1.165, 1.54) is 6.92 Å². The second-order valence-corrected chi connectivity index (χ2v) is 6.76. The second-order valence-electron chi connectivity index (χ2n) is 6.76. The van der Waals surface area contributed by atoms with Gasteiger partial charge < -0.3 is 26.2 Å². The fourth-order valence-electron chi connectivity index (χ4n) is 2.54. The highest BCUT2D eigenvalue weighted by Crippen LogP contribution is 2.07. The maximum absolute atomic E-state index is 12.7. The number of carboxylic acid groups (broad SMARTS) is 1. The van der Waals surface area contributed by atoms with E-state index in [4.69, 9.17) is 0 Å². The first kappa shape index (κ1) is 23.1. The fraction of sp³-hybridized carbons (Fsp3) is 0.474. The summed E-state index contributed by atoms with van der Waals surface area (Å²) in [6, 6.07) is 5.45. The molecule has 0 aliphatic heterocycles. The van der Waals surface area contributed by atoms with Crippen LogP contribution in [0.1, 0.15) is 26.3 Å². The Bertz CT molecular complexity index is 692. The lowest BCUT2D eigenvalue weighted by atomic mass is 10.0. The van der Waals surface area contributed by atoms with Crippen LogP contribution < -0.4 is 16.0 Å². The monoisotopic (exact) mass is 393 g/mol. The van der Waals surface area contributed by atoms with Crippen molar-refractivity contribution in [2.24, 2.45) is 5.92 Å². The summed E-state index contributed by atoms with van der Waals surface area (Å²) in [6.45, 7) is 3.86. The van der Waals surface area contributed by atoms with E-state index in [-0.39, 0.29) is 12.3 Å². The van der Waals surface area contributed by atoms with Crippen LogP contribution in [0.15, 0.2) is 30.3 Å². The fourth-order valence-corrected chi connectivity index (χ4v) is 2.54. The molecule has 1 rings (SSSR count). The minimum atomic E-state index is -1.22. The standard InChI is InChI=1S/C19H27N3O6/c1-11(2)16(19(27)28)22-17(25)14(9-13-7-5-4-6-8-13)21-18(26)15(10-23)20-12(3)24/h4-8,11,14-16,23H,9-10H2,1-3H3,(H,20,24)(H,21,26)(H,22,25)(H,27,28)/t14-,15-,16-/m0/s1. The maximum Gasteiger partial charge on any atom is 0.326 e. The Labute approximate surface area is 163 Å². The molecule has 9 heteroatoms. The maximum atomic E-state index is 12.7. The SMILES string of the molecule is CC(=O)N[C@@H](CO)C(=O)N[C@@H](Cc1ccccc1)C(=O)N[C@H](C(=O)O)C(C)C. The molecule has 154 valence electrons. The minimum absolute atomic E-state index is 0.112. The molecule has 0 unspecified atom stereocenters. The minimum Gasteiger partial charge on any atom is -0.480 e. The Hall–Kier alpha value is -2.94. The lowest BCUT2D eigenvalue weighted by Crippen LogP contribution is -2.57. The van der Waals surface area contributed by atoms with Gasteiger partial charge in [-0.25, -0.2) is 4.79 Å². The van der Waals surface area contributed by atoms with Crippen molar-refractivity contribution in [2.75, 3.05) is 6.61 Å². The number of benzene rings is 1. The van der Waals surface area contributed by atoms with Crippen molar-refractivity contribution >= 4 is 23.7 Å². The third kappa shape index (κ3) is 7.36. The van der Waals surface area contributed by atoms with Gasteiger partial charge in [-0.1, -0.05) is 44.2 Å². The van der Waals surface area contributed by atoms with Crippen molar-refractivity contribution < 1.29 is 29.4 Å². The number of amides is 3. The van der Waals surface area contributed by atoms with E-state index in [1.807, 2.05) is 0 Å².